The maximum atomic E-state index is 11.9. The molecule has 0 saturated heterocycles. The SMILES string of the molecule is COCCc1nsc(Oc2ccc(NC(=O)c3ccco3)cc2)n1. The van der Waals surface area contributed by atoms with E-state index in [1.807, 2.05) is 0 Å². The fraction of sp³-hybridized carbons (Fsp3) is 0.188. The zero-order chi connectivity index (χ0) is 16.8. The molecule has 0 bridgehead atoms. The lowest BCUT2D eigenvalue weighted by Gasteiger charge is -2.05. The van der Waals surface area contributed by atoms with Crippen LogP contribution in [0, 0.1) is 0 Å². The quantitative estimate of drug-likeness (QED) is 0.706. The van der Waals surface area contributed by atoms with Gasteiger partial charge in [0.05, 0.1) is 12.9 Å². The van der Waals surface area contributed by atoms with Gasteiger partial charge in [-0.2, -0.15) is 9.36 Å². The molecule has 0 aliphatic heterocycles. The molecule has 0 radical (unpaired) electrons. The van der Waals surface area contributed by atoms with Gasteiger partial charge in [0.2, 0.25) is 0 Å². The Balaban J connectivity index is 1.58. The molecule has 124 valence electrons. The van der Waals surface area contributed by atoms with E-state index in [4.69, 9.17) is 13.9 Å². The highest BCUT2D eigenvalue weighted by atomic mass is 32.1. The van der Waals surface area contributed by atoms with Crippen molar-refractivity contribution in [2.45, 2.75) is 6.42 Å². The third-order valence-corrected chi connectivity index (χ3v) is 3.67. The predicted octanol–water partition coefficient (Wildman–Crippen LogP) is 3.36. The van der Waals surface area contributed by atoms with Crippen molar-refractivity contribution < 1.29 is 18.7 Å². The molecule has 1 aromatic carbocycles. The molecule has 0 atom stereocenters. The maximum Gasteiger partial charge on any atom is 0.298 e. The van der Waals surface area contributed by atoms with Crippen LogP contribution >= 0.6 is 11.5 Å². The number of methoxy groups -OCH3 is 1. The Morgan fingerprint density at radius 1 is 1.29 bits per heavy atom. The standard InChI is InChI=1S/C16H15N3O4S/c1-21-10-8-14-18-16(24-19-14)23-12-6-4-11(5-7-12)17-15(20)13-3-2-9-22-13/h2-7,9H,8,10H2,1H3,(H,17,20). The third-order valence-electron chi connectivity index (χ3n) is 3.04. The number of nitrogens with one attached hydrogen (secondary N) is 1. The second kappa shape index (κ2) is 7.71. The highest BCUT2D eigenvalue weighted by Gasteiger charge is 2.09. The van der Waals surface area contributed by atoms with Crippen LogP contribution in [-0.2, 0) is 11.2 Å². The van der Waals surface area contributed by atoms with Gasteiger partial charge in [0.1, 0.15) is 11.6 Å². The third kappa shape index (κ3) is 4.18. The van der Waals surface area contributed by atoms with E-state index in [-0.39, 0.29) is 11.7 Å². The van der Waals surface area contributed by atoms with Crippen LogP contribution in [0.2, 0.25) is 0 Å². The number of hydrogen-bond donors (Lipinski definition) is 1. The lowest BCUT2D eigenvalue weighted by atomic mass is 10.3. The van der Waals surface area contributed by atoms with Gasteiger partial charge in [0.15, 0.2) is 5.76 Å². The minimum absolute atomic E-state index is 0.257. The molecule has 8 heteroatoms. The number of nitrogens with zero attached hydrogens (tertiary/aromatic N) is 2. The van der Waals surface area contributed by atoms with E-state index < -0.39 is 0 Å². The van der Waals surface area contributed by atoms with E-state index in [0.29, 0.717) is 35.5 Å². The summed E-state index contributed by atoms with van der Waals surface area (Å²) < 4.78 is 19.9. The lowest BCUT2D eigenvalue weighted by molar-refractivity contribution is 0.0996. The molecule has 3 aromatic rings. The van der Waals surface area contributed by atoms with E-state index >= 15 is 0 Å². The fourth-order valence-electron chi connectivity index (χ4n) is 1.88. The maximum absolute atomic E-state index is 11.9. The van der Waals surface area contributed by atoms with Crippen molar-refractivity contribution in [3.63, 3.8) is 0 Å². The van der Waals surface area contributed by atoms with Gasteiger partial charge in [0, 0.05) is 30.8 Å². The summed E-state index contributed by atoms with van der Waals surface area (Å²) in [6, 6.07) is 10.2. The molecule has 0 aliphatic rings. The first-order valence-corrected chi connectivity index (χ1v) is 7.96. The van der Waals surface area contributed by atoms with E-state index in [0.717, 1.165) is 0 Å². The topological polar surface area (TPSA) is 86.5 Å². The second-order valence-corrected chi connectivity index (χ2v) is 5.49. The van der Waals surface area contributed by atoms with Crippen LogP contribution in [-0.4, -0.2) is 29.0 Å². The van der Waals surface area contributed by atoms with Gasteiger partial charge in [-0.15, -0.1) is 0 Å². The molecule has 0 fully saturated rings. The summed E-state index contributed by atoms with van der Waals surface area (Å²) in [7, 11) is 1.63. The summed E-state index contributed by atoms with van der Waals surface area (Å²) in [4.78, 5) is 16.1. The second-order valence-electron chi connectivity index (χ2n) is 4.78. The van der Waals surface area contributed by atoms with Gasteiger partial charge in [-0.3, -0.25) is 4.79 Å². The minimum atomic E-state index is -0.305. The van der Waals surface area contributed by atoms with Crippen molar-refractivity contribution in [3.05, 3.63) is 54.2 Å². The molecule has 1 amide bonds. The smallest absolute Gasteiger partial charge is 0.298 e. The molecular weight excluding hydrogens is 330 g/mol. The number of benzene rings is 1. The van der Waals surface area contributed by atoms with Crippen molar-refractivity contribution in [3.8, 4) is 10.9 Å². The van der Waals surface area contributed by atoms with Gasteiger partial charge in [-0.25, -0.2) is 0 Å². The van der Waals surface area contributed by atoms with Gasteiger partial charge < -0.3 is 19.2 Å². The average molecular weight is 345 g/mol. The van der Waals surface area contributed by atoms with Crippen LogP contribution in [0.4, 0.5) is 5.69 Å². The molecule has 0 saturated carbocycles. The summed E-state index contributed by atoms with van der Waals surface area (Å²) >= 11 is 1.19. The van der Waals surface area contributed by atoms with E-state index in [1.54, 1.807) is 43.5 Å². The Bertz CT molecular complexity index is 784. The number of hydrogen-bond acceptors (Lipinski definition) is 7. The van der Waals surface area contributed by atoms with Crippen molar-refractivity contribution in [1.82, 2.24) is 9.36 Å². The molecule has 24 heavy (non-hydrogen) atoms. The summed E-state index contributed by atoms with van der Waals surface area (Å²) in [5.74, 6) is 1.26. The van der Waals surface area contributed by atoms with Crippen LogP contribution in [0.3, 0.4) is 0 Å². The first-order chi connectivity index (χ1) is 11.7. The Hall–Kier alpha value is -2.71. The van der Waals surface area contributed by atoms with Crippen molar-refractivity contribution in [2.75, 3.05) is 19.0 Å². The van der Waals surface area contributed by atoms with Gasteiger partial charge >= 0.3 is 0 Å². The number of rotatable bonds is 7. The molecule has 7 nitrogen and oxygen atoms in total. The molecule has 3 rings (SSSR count). The van der Waals surface area contributed by atoms with Gasteiger partial charge in [-0.1, -0.05) is 0 Å². The van der Waals surface area contributed by atoms with Crippen LogP contribution in [0.25, 0.3) is 0 Å². The monoisotopic (exact) mass is 345 g/mol. The number of amides is 1. The number of carbonyl (C=O) groups is 1. The molecule has 0 unspecified atom stereocenters. The number of carbonyl (C=O) groups excluding carboxylic acids is 1. The van der Waals surface area contributed by atoms with Crippen LogP contribution in [0.1, 0.15) is 16.4 Å². The summed E-state index contributed by atoms with van der Waals surface area (Å²) in [6.45, 7) is 0.570. The van der Waals surface area contributed by atoms with E-state index in [2.05, 4.69) is 14.7 Å². The molecule has 2 aromatic heterocycles. The molecule has 2 heterocycles. The molecule has 0 spiro atoms. The summed E-state index contributed by atoms with van der Waals surface area (Å²) in [6.07, 6.45) is 2.10. The first kappa shape index (κ1) is 16.2. The van der Waals surface area contributed by atoms with Crippen molar-refractivity contribution in [1.29, 1.82) is 0 Å². The number of ether oxygens (including phenoxy) is 2. The molecular formula is C16H15N3O4S. The summed E-state index contributed by atoms with van der Waals surface area (Å²) in [5, 5.41) is 3.20. The fourth-order valence-corrected chi connectivity index (χ4v) is 2.48. The Morgan fingerprint density at radius 3 is 2.83 bits per heavy atom. The zero-order valence-corrected chi connectivity index (χ0v) is 13.7. The van der Waals surface area contributed by atoms with Crippen LogP contribution < -0.4 is 10.1 Å². The van der Waals surface area contributed by atoms with Crippen LogP contribution in [0.15, 0.2) is 47.1 Å². The Kier molecular flexibility index (Phi) is 5.19. The number of aromatic nitrogens is 2. The largest absolute Gasteiger partial charge is 0.459 e. The Morgan fingerprint density at radius 2 is 2.12 bits per heavy atom. The van der Waals surface area contributed by atoms with Crippen molar-refractivity contribution in [2.24, 2.45) is 0 Å². The number of anilines is 1. The minimum Gasteiger partial charge on any atom is -0.459 e. The number of furan rings is 1. The predicted molar refractivity (Wildman–Crippen MR) is 88.7 cm³/mol. The van der Waals surface area contributed by atoms with Gasteiger partial charge in [0.25, 0.3) is 11.1 Å². The highest BCUT2D eigenvalue weighted by Crippen LogP contribution is 2.24. The first-order valence-electron chi connectivity index (χ1n) is 7.19. The molecule has 1 N–H and O–H groups in total. The van der Waals surface area contributed by atoms with E-state index in [9.17, 15) is 4.79 Å². The van der Waals surface area contributed by atoms with Crippen molar-refractivity contribution >= 4 is 23.1 Å². The van der Waals surface area contributed by atoms with Gasteiger partial charge in [-0.05, 0) is 36.4 Å². The van der Waals surface area contributed by atoms with E-state index in [1.165, 1.54) is 17.8 Å². The highest BCUT2D eigenvalue weighted by molar-refractivity contribution is 7.07. The van der Waals surface area contributed by atoms with Crippen LogP contribution in [0.5, 0.6) is 10.9 Å². The zero-order valence-electron chi connectivity index (χ0n) is 12.9. The molecule has 0 aliphatic carbocycles. The lowest BCUT2D eigenvalue weighted by Crippen LogP contribution is -2.10. The average Bonchev–Trinajstić information content (AvgIpc) is 3.26. The summed E-state index contributed by atoms with van der Waals surface area (Å²) in [5.41, 5.74) is 0.641. The normalized spacial score (nSPS) is 10.5. The Labute approximate surface area is 142 Å².